The molecule has 0 amide bonds. The molecule has 0 N–H and O–H groups in total. The van der Waals surface area contributed by atoms with E-state index in [-0.39, 0.29) is 28.5 Å². The van der Waals surface area contributed by atoms with Gasteiger partial charge in [-0.3, -0.25) is 29.7 Å². The molecule has 0 aliphatic rings. The maximum atomic E-state index is 13.1. The van der Waals surface area contributed by atoms with Crippen molar-refractivity contribution in [1.82, 2.24) is 9.36 Å². The lowest BCUT2D eigenvalue weighted by Crippen LogP contribution is -2.19. The van der Waals surface area contributed by atoms with Crippen molar-refractivity contribution in [2.75, 3.05) is 7.11 Å². The topological polar surface area (TPSA) is 144 Å². The second-order valence-electron chi connectivity index (χ2n) is 7.85. The van der Waals surface area contributed by atoms with Gasteiger partial charge in [0.05, 0.1) is 34.4 Å². The minimum absolute atomic E-state index is 0.152. The van der Waals surface area contributed by atoms with E-state index >= 15 is 0 Å². The molecule has 4 aromatic rings. The van der Waals surface area contributed by atoms with Crippen LogP contribution in [0.25, 0.3) is 5.69 Å². The van der Waals surface area contributed by atoms with Crippen molar-refractivity contribution in [1.29, 1.82) is 0 Å². The summed E-state index contributed by atoms with van der Waals surface area (Å²) in [5.41, 5.74) is 0.963. The number of aliphatic imine (C=N–C) groups is 1. The van der Waals surface area contributed by atoms with Gasteiger partial charge in [0.15, 0.2) is 17.2 Å². The van der Waals surface area contributed by atoms with E-state index in [9.17, 15) is 25.0 Å². The fourth-order valence-electron chi connectivity index (χ4n) is 3.66. The normalized spacial score (nSPS) is 11.0. The molecule has 3 aromatic carbocycles. The number of rotatable bonds is 8. The molecule has 4 rings (SSSR count). The van der Waals surface area contributed by atoms with E-state index in [2.05, 4.69) is 4.99 Å². The Balaban J connectivity index is 1.65. The molecule has 0 aliphatic carbocycles. The molecule has 0 fully saturated rings. The highest BCUT2D eigenvalue weighted by atomic mass is 16.6. The molecule has 0 bridgehead atoms. The van der Waals surface area contributed by atoms with Gasteiger partial charge in [0.25, 0.3) is 11.2 Å². The molecule has 0 spiro atoms. The van der Waals surface area contributed by atoms with E-state index < -0.39 is 21.2 Å². The summed E-state index contributed by atoms with van der Waals surface area (Å²) in [4.78, 5) is 38.3. The molecule has 0 unspecified atom stereocenters. The number of hydrogen-bond acceptors (Lipinski definition) is 8. The third kappa shape index (κ3) is 4.93. The van der Waals surface area contributed by atoms with Crippen molar-refractivity contribution in [3.05, 3.63) is 109 Å². The third-order valence-corrected chi connectivity index (χ3v) is 5.62. The van der Waals surface area contributed by atoms with Gasteiger partial charge < -0.3 is 9.47 Å². The summed E-state index contributed by atoms with van der Waals surface area (Å²) in [7, 11) is 3.17. The first kappa shape index (κ1) is 24.9. The van der Waals surface area contributed by atoms with Crippen LogP contribution in [0.3, 0.4) is 0 Å². The number of non-ortho nitro benzene ring substituents is 1. The lowest BCUT2D eigenvalue weighted by atomic mass is 10.2. The summed E-state index contributed by atoms with van der Waals surface area (Å²) in [5.74, 6) is 0.207. The van der Waals surface area contributed by atoms with Crippen molar-refractivity contribution < 1.29 is 19.3 Å². The van der Waals surface area contributed by atoms with Gasteiger partial charge in [0.1, 0.15) is 0 Å². The zero-order chi connectivity index (χ0) is 26.7. The largest absolute Gasteiger partial charge is 0.493 e. The first-order valence-electron chi connectivity index (χ1n) is 10.9. The van der Waals surface area contributed by atoms with E-state index in [1.54, 1.807) is 30.8 Å². The number of aromatic nitrogens is 2. The number of ether oxygens (including phenoxy) is 2. The average Bonchev–Trinajstić information content (AvgIpc) is 3.10. The minimum atomic E-state index is -0.764. The van der Waals surface area contributed by atoms with Crippen LogP contribution >= 0.6 is 0 Å². The Morgan fingerprint density at radius 1 is 0.919 bits per heavy atom. The molecule has 0 aliphatic heterocycles. The molecule has 1 aromatic heterocycles. The molecule has 0 saturated heterocycles. The Labute approximate surface area is 209 Å². The zero-order valence-electron chi connectivity index (χ0n) is 20.0. The molecular formula is C25H21N5O7. The monoisotopic (exact) mass is 503 g/mol. The van der Waals surface area contributed by atoms with Gasteiger partial charge in [-0.25, -0.2) is 9.67 Å². The van der Waals surface area contributed by atoms with Crippen molar-refractivity contribution in [2.24, 2.45) is 12.0 Å². The highest BCUT2D eigenvalue weighted by molar-refractivity contribution is 5.83. The van der Waals surface area contributed by atoms with Crippen LogP contribution in [0.2, 0.25) is 0 Å². The zero-order valence-corrected chi connectivity index (χ0v) is 20.0. The van der Waals surface area contributed by atoms with E-state index in [0.717, 1.165) is 18.2 Å². The fraction of sp³-hybridized carbons (Fsp3) is 0.120. The number of para-hydroxylation sites is 1. The number of nitro groups is 2. The molecular weight excluding hydrogens is 482 g/mol. The van der Waals surface area contributed by atoms with Crippen LogP contribution in [0.4, 0.5) is 17.1 Å². The first-order chi connectivity index (χ1) is 17.7. The van der Waals surface area contributed by atoms with Gasteiger partial charge in [-0.15, -0.1) is 0 Å². The van der Waals surface area contributed by atoms with Crippen LogP contribution in [-0.4, -0.2) is 32.5 Å². The Morgan fingerprint density at radius 3 is 2.27 bits per heavy atom. The van der Waals surface area contributed by atoms with Crippen LogP contribution in [0.1, 0.15) is 11.3 Å². The Kier molecular flexibility index (Phi) is 6.82. The standard InChI is InChI=1S/C25H21N5O7/c1-16-24(25(31)28(27(16)2)18-7-5-4-6-8-18)26-15-17-9-11-22(23(13-17)36-3)37-21-12-10-19(29(32)33)14-20(21)30(34)35/h4-15H,1-3H3. The Hall–Kier alpha value is -5.26. The Bertz CT molecular complexity index is 1590. The summed E-state index contributed by atoms with van der Waals surface area (Å²) in [6, 6.07) is 17.0. The summed E-state index contributed by atoms with van der Waals surface area (Å²) < 4.78 is 14.3. The van der Waals surface area contributed by atoms with Gasteiger partial charge >= 0.3 is 5.69 Å². The molecule has 37 heavy (non-hydrogen) atoms. The summed E-state index contributed by atoms with van der Waals surface area (Å²) in [6.07, 6.45) is 1.50. The van der Waals surface area contributed by atoms with Crippen molar-refractivity contribution >= 4 is 23.3 Å². The smallest absolute Gasteiger partial charge is 0.318 e. The maximum Gasteiger partial charge on any atom is 0.318 e. The molecule has 1 heterocycles. The molecule has 188 valence electrons. The van der Waals surface area contributed by atoms with Crippen LogP contribution in [0.15, 0.2) is 76.5 Å². The predicted octanol–water partition coefficient (Wildman–Crippen LogP) is 4.85. The van der Waals surface area contributed by atoms with E-state index in [0.29, 0.717) is 16.9 Å². The third-order valence-electron chi connectivity index (χ3n) is 5.62. The quantitative estimate of drug-likeness (QED) is 0.190. The van der Waals surface area contributed by atoms with E-state index in [1.165, 1.54) is 24.1 Å². The summed E-state index contributed by atoms with van der Waals surface area (Å²) in [6.45, 7) is 1.79. The average molecular weight is 503 g/mol. The van der Waals surface area contributed by atoms with Crippen LogP contribution in [-0.2, 0) is 7.05 Å². The summed E-state index contributed by atoms with van der Waals surface area (Å²) >= 11 is 0. The number of methoxy groups -OCH3 is 1. The fourth-order valence-corrected chi connectivity index (χ4v) is 3.66. The first-order valence-corrected chi connectivity index (χ1v) is 10.9. The number of nitro benzene ring substituents is 2. The van der Waals surface area contributed by atoms with Gasteiger partial charge in [-0.1, -0.05) is 18.2 Å². The van der Waals surface area contributed by atoms with E-state index in [4.69, 9.17) is 9.47 Å². The SMILES string of the molecule is COc1cc(C=Nc2c(C)n(C)n(-c3ccccc3)c2=O)ccc1Oc1ccc([N+](=O)[O-])cc1[N+](=O)[O-]. The van der Waals surface area contributed by atoms with Crippen LogP contribution in [0, 0.1) is 27.2 Å². The van der Waals surface area contributed by atoms with Gasteiger partial charge in [-0.2, -0.15) is 0 Å². The number of nitrogens with zero attached hydrogens (tertiary/aromatic N) is 5. The highest BCUT2D eigenvalue weighted by Gasteiger charge is 2.22. The molecule has 0 atom stereocenters. The lowest BCUT2D eigenvalue weighted by Gasteiger charge is -2.11. The van der Waals surface area contributed by atoms with Crippen LogP contribution in [0.5, 0.6) is 17.2 Å². The predicted molar refractivity (Wildman–Crippen MR) is 136 cm³/mol. The number of hydrogen-bond donors (Lipinski definition) is 0. The molecule has 12 heteroatoms. The maximum absolute atomic E-state index is 13.1. The second kappa shape index (κ2) is 10.2. The lowest BCUT2D eigenvalue weighted by molar-refractivity contribution is -0.394. The van der Waals surface area contributed by atoms with Crippen molar-refractivity contribution in [2.45, 2.75) is 6.92 Å². The van der Waals surface area contributed by atoms with Crippen LogP contribution < -0.4 is 15.0 Å². The number of benzene rings is 3. The second-order valence-corrected chi connectivity index (χ2v) is 7.85. The Morgan fingerprint density at radius 2 is 1.62 bits per heavy atom. The summed E-state index contributed by atoms with van der Waals surface area (Å²) in [5, 5.41) is 22.4. The molecule has 0 saturated carbocycles. The van der Waals surface area contributed by atoms with Gasteiger partial charge in [-0.05, 0) is 48.9 Å². The van der Waals surface area contributed by atoms with Crippen molar-refractivity contribution in [3.8, 4) is 22.9 Å². The minimum Gasteiger partial charge on any atom is -0.493 e. The van der Waals surface area contributed by atoms with E-state index in [1.807, 2.05) is 30.3 Å². The van der Waals surface area contributed by atoms with Gasteiger partial charge in [0, 0.05) is 19.3 Å². The highest BCUT2D eigenvalue weighted by Crippen LogP contribution is 2.38. The van der Waals surface area contributed by atoms with Gasteiger partial charge in [0.2, 0.25) is 5.75 Å². The molecule has 0 radical (unpaired) electrons. The van der Waals surface area contributed by atoms with Crippen molar-refractivity contribution in [3.63, 3.8) is 0 Å². The molecule has 12 nitrogen and oxygen atoms in total.